The lowest BCUT2D eigenvalue weighted by atomic mass is 10.2. The first kappa shape index (κ1) is 19.9. The normalized spacial score (nSPS) is 11.3. The summed E-state index contributed by atoms with van der Waals surface area (Å²) in [6, 6.07) is 14.9. The lowest BCUT2D eigenvalue weighted by Gasteiger charge is -2.20. The lowest BCUT2D eigenvalue weighted by molar-refractivity contribution is 0.414. The van der Waals surface area contributed by atoms with Gasteiger partial charge in [0, 0.05) is 0 Å². The van der Waals surface area contributed by atoms with Gasteiger partial charge in [-0.2, -0.15) is 5.11 Å². The molecule has 2 aromatic carbocycles. The molecule has 0 aliphatic rings. The summed E-state index contributed by atoms with van der Waals surface area (Å²) in [5, 5.41) is 8.52. The number of ether oxygens (including phenoxy) is 1. The van der Waals surface area contributed by atoms with Crippen molar-refractivity contribution in [1.29, 1.82) is 0 Å². The Bertz CT molecular complexity index is 810. The van der Waals surface area contributed by atoms with Crippen molar-refractivity contribution in [3.63, 3.8) is 0 Å². The van der Waals surface area contributed by atoms with E-state index >= 15 is 0 Å². The topological polar surface area (TPSA) is 34.0 Å². The van der Waals surface area contributed by atoms with E-state index in [0.717, 1.165) is 29.4 Å². The highest BCUT2D eigenvalue weighted by atomic mass is 28.3. The average Bonchev–Trinajstić information content (AvgIpc) is 2.69. The van der Waals surface area contributed by atoms with Gasteiger partial charge in [0.15, 0.2) is 0 Å². The second-order valence-corrected chi connectivity index (χ2v) is 11.1. The fourth-order valence-corrected chi connectivity index (χ4v) is 5.09. The molecule has 2 rings (SSSR count). The van der Waals surface area contributed by atoms with E-state index in [9.17, 15) is 4.39 Å². The van der Waals surface area contributed by atoms with Crippen LogP contribution >= 0.6 is 0 Å². The van der Waals surface area contributed by atoms with Gasteiger partial charge >= 0.3 is 0 Å². The Morgan fingerprint density at radius 1 is 0.962 bits per heavy atom. The van der Waals surface area contributed by atoms with Crippen LogP contribution in [-0.2, 0) is 0 Å². The largest absolute Gasteiger partial charge is 0.497 e. The van der Waals surface area contributed by atoms with E-state index in [4.69, 9.17) is 4.74 Å². The molecule has 0 atom stereocenters. The van der Waals surface area contributed by atoms with E-state index in [1.165, 1.54) is 12.1 Å². The fourth-order valence-electron chi connectivity index (χ4n) is 2.66. The Hall–Kier alpha value is -2.45. The van der Waals surface area contributed by atoms with Crippen LogP contribution < -0.4 is 4.74 Å². The summed E-state index contributed by atoms with van der Waals surface area (Å²) in [6.07, 6.45) is 0. The standard InChI is InChI=1S/C21H25FN2OSi/c1-5-26(6-2,7-3)15-14-17-16-20(25-4)12-13-21(17)24-23-19-10-8-18(22)9-11-19/h8-13,16H,5-7H2,1-4H3. The quantitative estimate of drug-likeness (QED) is 0.319. The van der Waals surface area contributed by atoms with Gasteiger partial charge in [0.1, 0.15) is 25.3 Å². The third kappa shape index (κ3) is 5.03. The summed E-state index contributed by atoms with van der Waals surface area (Å²) in [4.78, 5) is 0. The zero-order chi connectivity index (χ0) is 19.0. The molecule has 0 amide bonds. The maximum absolute atomic E-state index is 13.0. The summed E-state index contributed by atoms with van der Waals surface area (Å²) < 4.78 is 18.3. The summed E-state index contributed by atoms with van der Waals surface area (Å²) in [6.45, 7) is 6.69. The zero-order valence-electron chi connectivity index (χ0n) is 15.8. The second-order valence-electron chi connectivity index (χ2n) is 6.15. The van der Waals surface area contributed by atoms with Crippen LogP contribution in [0.4, 0.5) is 15.8 Å². The Labute approximate surface area is 156 Å². The van der Waals surface area contributed by atoms with Gasteiger partial charge in [0.25, 0.3) is 0 Å². The first-order valence-corrected chi connectivity index (χ1v) is 11.6. The minimum atomic E-state index is -1.56. The molecule has 136 valence electrons. The van der Waals surface area contributed by atoms with Gasteiger partial charge in [-0.25, -0.2) is 4.39 Å². The van der Waals surface area contributed by atoms with E-state index in [2.05, 4.69) is 42.5 Å². The van der Waals surface area contributed by atoms with Crippen molar-refractivity contribution in [2.45, 2.75) is 38.9 Å². The molecule has 0 saturated heterocycles. The van der Waals surface area contributed by atoms with Gasteiger partial charge in [-0.3, -0.25) is 0 Å². The third-order valence-corrected chi connectivity index (χ3v) is 9.51. The number of halogens is 1. The van der Waals surface area contributed by atoms with Crippen LogP contribution in [0, 0.1) is 17.3 Å². The molecule has 0 radical (unpaired) electrons. The van der Waals surface area contributed by atoms with Gasteiger partial charge in [-0.1, -0.05) is 26.7 Å². The number of azo groups is 1. The van der Waals surface area contributed by atoms with Gasteiger partial charge in [-0.15, -0.1) is 10.7 Å². The molecule has 0 N–H and O–H groups in total. The van der Waals surface area contributed by atoms with Gasteiger partial charge < -0.3 is 4.74 Å². The summed E-state index contributed by atoms with van der Waals surface area (Å²) >= 11 is 0. The van der Waals surface area contributed by atoms with E-state index in [0.29, 0.717) is 11.4 Å². The highest BCUT2D eigenvalue weighted by molar-refractivity contribution is 6.87. The van der Waals surface area contributed by atoms with Crippen molar-refractivity contribution in [3.8, 4) is 17.2 Å². The molecule has 0 saturated carbocycles. The number of nitrogens with zero attached hydrogens (tertiary/aromatic N) is 2. The summed E-state index contributed by atoms with van der Waals surface area (Å²) in [7, 11) is 0.0746. The fraction of sp³-hybridized carbons (Fsp3) is 0.333. The molecule has 0 heterocycles. The highest BCUT2D eigenvalue weighted by Gasteiger charge is 2.24. The predicted molar refractivity (Wildman–Crippen MR) is 108 cm³/mol. The average molecular weight is 369 g/mol. The number of hydrogen-bond acceptors (Lipinski definition) is 3. The van der Waals surface area contributed by atoms with Crippen LogP contribution in [0.25, 0.3) is 0 Å². The van der Waals surface area contributed by atoms with Crippen LogP contribution in [0.1, 0.15) is 26.3 Å². The number of rotatable bonds is 6. The smallest absolute Gasteiger partial charge is 0.138 e. The number of benzene rings is 2. The minimum absolute atomic E-state index is 0.292. The Kier molecular flexibility index (Phi) is 7.11. The molecule has 0 bridgehead atoms. The minimum Gasteiger partial charge on any atom is -0.497 e. The monoisotopic (exact) mass is 368 g/mol. The van der Waals surface area contributed by atoms with E-state index in [-0.39, 0.29) is 5.82 Å². The zero-order valence-corrected chi connectivity index (χ0v) is 16.8. The van der Waals surface area contributed by atoms with Crippen LogP contribution in [-0.4, -0.2) is 15.2 Å². The van der Waals surface area contributed by atoms with Crippen LogP contribution in [0.3, 0.4) is 0 Å². The maximum Gasteiger partial charge on any atom is 0.138 e. The predicted octanol–water partition coefficient (Wildman–Crippen LogP) is 6.65. The van der Waals surface area contributed by atoms with E-state index < -0.39 is 8.07 Å². The molecule has 26 heavy (non-hydrogen) atoms. The molecule has 0 fully saturated rings. The Balaban J connectivity index is 2.40. The molecule has 0 spiro atoms. The van der Waals surface area contributed by atoms with Crippen molar-refractivity contribution in [1.82, 2.24) is 0 Å². The van der Waals surface area contributed by atoms with Crippen molar-refractivity contribution in [3.05, 3.63) is 53.8 Å². The third-order valence-electron chi connectivity index (χ3n) is 4.80. The first-order chi connectivity index (χ1) is 12.6. The van der Waals surface area contributed by atoms with Gasteiger partial charge in [0.05, 0.1) is 18.4 Å². The summed E-state index contributed by atoms with van der Waals surface area (Å²) in [5.41, 5.74) is 5.67. The highest BCUT2D eigenvalue weighted by Crippen LogP contribution is 2.27. The number of hydrogen-bond donors (Lipinski definition) is 0. The first-order valence-electron chi connectivity index (χ1n) is 8.94. The van der Waals surface area contributed by atoms with Crippen LogP contribution in [0.15, 0.2) is 52.7 Å². The van der Waals surface area contributed by atoms with E-state index in [1.54, 1.807) is 19.2 Å². The van der Waals surface area contributed by atoms with Crippen molar-refractivity contribution >= 4 is 19.4 Å². The molecule has 0 aliphatic heterocycles. The van der Waals surface area contributed by atoms with Crippen molar-refractivity contribution < 1.29 is 9.13 Å². The summed E-state index contributed by atoms with van der Waals surface area (Å²) in [5.74, 6) is 3.80. The molecule has 2 aromatic rings. The molecule has 3 nitrogen and oxygen atoms in total. The Morgan fingerprint density at radius 3 is 2.19 bits per heavy atom. The maximum atomic E-state index is 13.0. The second kappa shape index (κ2) is 9.30. The molecular weight excluding hydrogens is 343 g/mol. The molecular formula is C21H25FN2OSi. The van der Waals surface area contributed by atoms with E-state index in [1.807, 2.05) is 18.2 Å². The molecule has 5 heteroatoms. The van der Waals surface area contributed by atoms with Crippen LogP contribution in [0.2, 0.25) is 18.1 Å². The SMILES string of the molecule is CC[Si](C#Cc1cc(OC)ccc1N=Nc1ccc(F)cc1)(CC)CC. The van der Waals surface area contributed by atoms with Crippen molar-refractivity contribution in [2.75, 3.05) is 7.11 Å². The van der Waals surface area contributed by atoms with Gasteiger partial charge in [0.2, 0.25) is 0 Å². The van der Waals surface area contributed by atoms with Crippen molar-refractivity contribution in [2.24, 2.45) is 10.2 Å². The Morgan fingerprint density at radius 2 is 1.62 bits per heavy atom. The lowest BCUT2D eigenvalue weighted by Crippen LogP contribution is -2.29. The molecule has 0 aromatic heterocycles. The molecule has 0 aliphatic carbocycles. The van der Waals surface area contributed by atoms with Crippen LogP contribution in [0.5, 0.6) is 5.75 Å². The number of methoxy groups -OCH3 is 1. The molecule has 0 unspecified atom stereocenters. The van der Waals surface area contributed by atoms with Gasteiger partial charge in [-0.05, 0) is 60.6 Å².